The lowest BCUT2D eigenvalue weighted by atomic mass is 9.87. The first kappa shape index (κ1) is 11.1. The van der Waals surface area contributed by atoms with Gasteiger partial charge in [0.15, 0.2) is 0 Å². The monoisotopic (exact) mass is 215 g/mol. The smallest absolute Gasteiger partial charge is 0.102 e. The Bertz CT molecular complexity index is 484. The lowest BCUT2D eigenvalue weighted by Crippen LogP contribution is -2.34. The highest BCUT2D eigenvalue weighted by Crippen LogP contribution is 2.30. The zero-order valence-corrected chi connectivity index (χ0v) is 9.48. The van der Waals surface area contributed by atoms with E-state index in [9.17, 15) is 5.11 Å². The summed E-state index contributed by atoms with van der Waals surface area (Å²) in [5.74, 6) is 0. The molecule has 2 heteroatoms. The van der Waals surface area contributed by atoms with Gasteiger partial charge in [-0.25, -0.2) is 0 Å². The fourth-order valence-electron chi connectivity index (χ4n) is 2.08. The minimum absolute atomic E-state index is 0.248. The maximum atomic E-state index is 10.5. The van der Waals surface area contributed by atoms with Crippen LogP contribution in [0, 0.1) is 0 Å². The number of hydrogen-bond donors (Lipinski definition) is 2. The van der Waals surface area contributed by atoms with Gasteiger partial charge in [-0.15, -0.1) is 0 Å². The van der Waals surface area contributed by atoms with Crippen LogP contribution in [0.25, 0.3) is 10.8 Å². The Morgan fingerprint density at radius 1 is 1.12 bits per heavy atom. The number of fused-ring (bicyclic) bond motifs is 1. The Morgan fingerprint density at radius 3 is 2.50 bits per heavy atom. The molecule has 0 amide bonds. The number of benzene rings is 2. The van der Waals surface area contributed by atoms with Crippen LogP contribution in [0.1, 0.15) is 18.9 Å². The Morgan fingerprint density at radius 2 is 1.81 bits per heavy atom. The van der Waals surface area contributed by atoms with Crippen molar-refractivity contribution in [2.45, 2.75) is 18.9 Å². The van der Waals surface area contributed by atoms with Crippen molar-refractivity contribution >= 4 is 10.8 Å². The largest absolute Gasteiger partial charge is 0.384 e. The first-order chi connectivity index (χ1) is 7.71. The topological polar surface area (TPSA) is 46.2 Å². The molecule has 0 bridgehead atoms. The molecule has 0 fully saturated rings. The normalized spacial score (nSPS) is 14.9. The number of rotatable bonds is 3. The second kappa shape index (κ2) is 4.24. The first-order valence-electron chi connectivity index (χ1n) is 5.62. The number of aliphatic hydroxyl groups is 1. The van der Waals surface area contributed by atoms with Gasteiger partial charge in [0.05, 0.1) is 0 Å². The summed E-state index contributed by atoms with van der Waals surface area (Å²) >= 11 is 0. The van der Waals surface area contributed by atoms with Crippen molar-refractivity contribution in [3.05, 3.63) is 48.0 Å². The van der Waals surface area contributed by atoms with Crippen molar-refractivity contribution in [3.8, 4) is 0 Å². The third-order valence-corrected chi connectivity index (χ3v) is 3.21. The summed E-state index contributed by atoms with van der Waals surface area (Å²) in [6.45, 7) is 2.20. The standard InChI is InChI=1S/C14H17NO/c1-2-14(16,10-15)13-9-5-7-11-6-3-4-8-12(11)13/h3-9,16H,2,10,15H2,1H3. The lowest BCUT2D eigenvalue weighted by molar-refractivity contribution is 0.0434. The molecule has 0 aliphatic rings. The van der Waals surface area contributed by atoms with Gasteiger partial charge in [-0.2, -0.15) is 0 Å². The van der Waals surface area contributed by atoms with E-state index in [1.165, 1.54) is 0 Å². The Kier molecular flexibility index (Phi) is 2.95. The van der Waals surface area contributed by atoms with Crippen LogP contribution in [0.15, 0.2) is 42.5 Å². The molecule has 1 atom stereocenters. The Hall–Kier alpha value is -1.38. The van der Waals surface area contributed by atoms with E-state index in [4.69, 9.17) is 5.73 Å². The van der Waals surface area contributed by atoms with Gasteiger partial charge in [0, 0.05) is 6.54 Å². The van der Waals surface area contributed by atoms with Crippen molar-refractivity contribution in [2.24, 2.45) is 5.73 Å². The van der Waals surface area contributed by atoms with Crippen molar-refractivity contribution in [3.63, 3.8) is 0 Å². The van der Waals surface area contributed by atoms with Crippen molar-refractivity contribution < 1.29 is 5.11 Å². The SMILES string of the molecule is CCC(O)(CN)c1cccc2ccccc12. The van der Waals surface area contributed by atoms with Gasteiger partial charge in [-0.3, -0.25) is 0 Å². The fourth-order valence-corrected chi connectivity index (χ4v) is 2.08. The van der Waals surface area contributed by atoms with E-state index >= 15 is 0 Å². The van der Waals surface area contributed by atoms with E-state index < -0.39 is 5.60 Å². The Labute approximate surface area is 95.7 Å². The molecule has 16 heavy (non-hydrogen) atoms. The van der Waals surface area contributed by atoms with Crippen LogP contribution in [0.3, 0.4) is 0 Å². The third-order valence-electron chi connectivity index (χ3n) is 3.21. The van der Waals surface area contributed by atoms with E-state index in [2.05, 4.69) is 0 Å². The summed E-state index contributed by atoms with van der Waals surface area (Å²) in [4.78, 5) is 0. The highest BCUT2D eigenvalue weighted by molar-refractivity contribution is 5.86. The minimum atomic E-state index is -0.916. The molecule has 0 spiro atoms. The molecule has 2 aromatic rings. The van der Waals surface area contributed by atoms with Gasteiger partial charge in [-0.1, -0.05) is 49.4 Å². The molecule has 3 N–H and O–H groups in total. The molecular formula is C14H17NO. The molecule has 0 saturated carbocycles. The van der Waals surface area contributed by atoms with Gasteiger partial charge in [-0.05, 0) is 22.8 Å². The van der Waals surface area contributed by atoms with Crippen LogP contribution < -0.4 is 5.73 Å². The average Bonchev–Trinajstić information content (AvgIpc) is 2.37. The molecule has 0 aliphatic carbocycles. The van der Waals surface area contributed by atoms with Crippen LogP contribution in [0.5, 0.6) is 0 Å². The van der Waals surface area contributed by atoms with Crippen LogP contribution >= 0.6 is 0 Å². The summed E-state index contributed by atoms with van der Waals surface area (Å²) in [6.07, 6.45) is 0.623. The van der Waals surface area contributed by atoms with Crippen LogP contribution in [-0.4, -0.2) is 11.7 Å². The second-order valence-electron chi connectivity index (χ2n) is 4.12. The second-order valence-corrected chi connectivity index (χ2v) is 4.12. The molecule has 2 aromatic carbocycles. The van der Waals surface area contributed by atoms with E-state index in [-0.39, 0.29) is 6.54 Å². The predicted molar refractivity (Wildman–Crippen MR) is 67.2 cm³/mol. The van der Waals surface area contributed by atoms with E-state index in [1.807, 2.05) is 49.4 Å². The molecule has 0 aliphatic heterocycles. The zero-order chi connectivity index (χ0) is 11.6. The van der Waals surface area contributed by atoms with Gasteiger partial charge in [0.2, 0.25) is 0 Å². The van der Waals surface area contributed by atoms with E-state index in [0.717, 1.165) is 16.3 Å². The number of nitrogens with two attached hydrogens (primary N) is 1. The molecular weight excluding hydrogens is 198 g/mol. The summed E-state index contributed by atoms with van der Waals surface area (Å²) in [5, 5.41) is 12.7. The van der Waals surface area contributed by atoms with Gasteiger partial charge in [0.25, 0.3) is 0 Å². The molecule has 0 saturated heterocycles. The van der Waals surface area contributed by atoms with Crippen LogP contribution in [-0.2, 0) is 5.60 Å². The summed E-state index contributed by atoms with van der Waals surface area (Å²) in [6, 6.07) is 14.0. The highest BCUT2D eigenvalue weighted by Gasteiger charge is 2.26. The van der Waals surface area contributed by atoms with Crippen molar-refractivity contribution in [1.29, 1.82) is 0 Å². The average molecular weight is 215 g/mol. The molecule has 2 nitrogen and oxygen atoms in total. The maximum Gasteiger partial charge on any atom is 0.102 e. The highest BCUT2D eigenvalue weighted by atomic mass is 16.3. The van der Waals surface area contributed by atoms with Crippen LogP contribution in [0.2, 0.25) is 0 Å². The van der Waals surface area contributed by atoms with Crippen molar-refractivity contribution in [2.75, 3.05) is 6.54 Å². The molecule has 0 aromatic heterocycles. The summed E-state index contributed by atoms with van der Waals surface area (Å²) in [7, 11) is 0. The van der Waals surface area contributed by atoms with E-state index in [1.54, 1.807) is 0 Å². The maximum absolute atomic E-state index is 10.5. The summed E-state index contributed by atoms with van der Waals surface area (Å²) < 4.78 is 0. The fraction of sp³-hybridized carbons (Fsp3) is 0.286. The summed E-state index contributed by atoms with van der Waals surface area (Å²) in [5.41, 5.74) is 5.70. The molecule has 84 valence electrons. The first-order valence-corrected chi connectivity index (χ1v) is 5.62. The minimum Gasteiger partial charge on any atom is -0.384 e. The molecule has 0 radical (unpaired) electrons. The number of hydrogen-bond acceptors (Lipinski definition) is 2. The predicted octanol–water partition coefficient (Wildman–Crippen LogP) is 2.40. The van der Waals surface area contributed by atoms with Gasteiger partial charge < -0.3 is 10.8 Å². The van der Waals surface area contributed by atoms with E-state index in [0.29, 0.717) is 6.42 Å². The van der Waals surface area contributed by atoms with Gasteiger partial charge in [0.1, 0.15) is 5.60 Å². The van der Waals surface area contributed by atoms with Gasteiger partial charge >= 0.3 is 0 Å². The quantitative estimate of drug-likeness (QED) is 0.825. The molecule has 1 unspecified atom stereocenters. The van der Waals surface area contributed by atoms with Crippen molar-refractivity contribution in [1.82, 2.24) is 0 Å². The zero-order valence-electron chi connectivity index (χ0n) is 9.48. The third kappa shape index (κ3) is 1.70. The van der Waals surface area contributed by atoms with Crippen LogP contribution in [0.4, 0.5) is 0 Å². The lowest BCUT2D eigenvalue weighted by Gasteiger charge is -2.26. The molecule has 0 heterocycles. The molecule has 2 rings (SSSR count). The Balaban J connectivity index is 2.69.